The van der Waals surface area contributed by atoms with Crippen LogP contribution in [0, 0.1) is 11.3 Å². The first-order valence-corrected chi connectivity index (χ1v) is 7.18. The van der Waals surface area contributed by atoms with Crippen molar-refractivity contribution in [2.75, 3.05) is 11.9 Å². The van der Waals surface area contributed by atoms with E-state index in [2.05, 4.69) is 19.2 Å². The number of carbonyl (C=O) groups excluding carboxylic acids is 1. The van der Waals surface area contributed by atoms with Crippen molar-refractivity contribution in [1.29, 1.82) is 0 Å². The Morgan fingerprint density at radius 3 is 2.76 bits per heavy atom. The van der Waals surface area contributed by atoms with E-state index in [0.29, 0.717) is 5.69 Å². The van der Waals surface area contributed by atoms with Gasteiger partial charge in [-0.2, -0.15) is 0 Å². The molecular formula is C15H18ClNO4. The fourth-order valence-electron chi connectivity index (χ4n) is 2.27. The summed E-state index contributed by atoms with van der Waals surface area (Å²) in [5.74, 6) is -0.753. The average Bonchev–Trinajstić information content (AvgIpc) is 3.11. The highest BCUT2D eigenvalue weighted by Gasteiger charge is 2.52. The number of carbonyl (C=O) groups is 2. The van der Waals surface area contributed by atoms with Crippen LogP contribution >= 0.6 is 11.6 Å². The van der Waals surface area contributed by atoms with Crippen LogP contribution < -0.4 is 10.1 Å². The van der Waals surface area contributed by atoms with E-state index in [1.807, 2.05) is 0 Å². The van der Waals surface area contributed by atoms with Gasteiger partial charge in [0.25, 0.3) is 0 Å². The van der Waals surface area contributed by atoms with Crippen LogP contribution in [-0.4, -0.2) is 23.6 Å². The van der Waals surface area contributed by atoms with Crippen molar-refractivity contribution in [1.82, 2.24) is 0 Å². The second-order valence-electron chi connectivity index (χ2n) is 5.58. The highest BCUT2D eigenvalue weighted by atomic mass is 35.5. The number of amides is 1. The summed E-state index contributed by atoms with van der Waals surface area (Å²) in [4.78, 5) is 22.5. The van der Waals surface area contributed by atoms with E-state index in [1.165, 1.54) is 0 Å². The summed E-state index contributed by atoms with van der Waals surface area (Å²) in [6.07, 6.45) is 1.89. The van der Waals surface area contributed by atoms with Crippen LogP contribution in [0.2, 0.25) is 5.02 Å². The second kappa shape index (κ2) is 5.93. The molecule has 114 valence electrons. The van der Waals surface area contributed by atoms with Crippen molar-refractivity contribution in [3.63, 3.8) is 0 Å². The quantitative estimate of drug-likeness (QED) is 0.846. The van der Waals surface area contributed by atoms with Crippen LogP contribution in [0.3, 0.4) is 0 Å². The van der Waals surface area contributed by atoms with E-state index in [4.69, 9.17) is 21.4 Å². The average molecular weight is 312 g/mol. The molecule has 1 saturated carbocycles. The van der Waals surface area contributed by atoms with Crippen molar-refractivity contribution in [3.8, 4) is 5.75 Å². The third kappa shape index (κ3) is 3.67. The van der Waals surface area contributed by atoms with Crippen LogP contribution in [-0.2, 0) is 9.59 Å². The minimum absolute atomic E-state index is 0.00498. The molecule has 2 unspecified atom stereocenters. The van der Waals surface area contributed by atoms with Gasteiger partial charge in [-0.15, -0.1) is 0 Å². The summed E-state index contributed by atoms with van der Waals surface area (Å²) in [5.41, 5.74) is 0.691. The Morgan fingerprint density at radius 2 is 2.24 bits per heavy atom. The minimum Gasteiger partial charge on any atom is -0.480 e. The van der Waals surface area contributed by atoms with E-state index in [9.17, 15) is 9.59 Å². The predicted octanol–water partition coefficient (Wildman–Crippen LogP) is 3.18. The minimum atomic E-state index is -1.07. The maximum atomic E-state index is 12.1. The van der Waals surface area contributed by atoms with Crippen molar-refractivity contribution in [3.05, 3.63) is 23.2 Å². The third-order valence-corrected chi connectivity index (χ3v) is 4.32. The molecule has 5 nitrogen and oxygen atoms in total. The molecule has 2 atom stereocenters. The topological polar surface area (TPSA) is 75.6 Å². The lowest BCUT2D eigenvalue weighted by Crippen LogP contribution is -2.17. The molecule has 1 aliphatic rings. The zero-order valence-corrected chi connectivity index (χ0v) is 12.7. The van der Waals surface area contributed by atoms with Gasteiger partial charge in [0.1, 0.15) is 5.75 Å². The number of halogens is 1. The van der Waals surface area contributed by atoms with Crippen LogP contribution in [0.25, 0.3) is 0 Å². The van der Waals surface area contributed by atoms with Crippen molar-refractivity contribution in [2.24, 2.45) is 11.3 Å². The monoisotopic (exact) mass is 311 g/mol. The largest absolute Gasteiger partial charge is 0.480 e. The molecule has 2 rings (SSSR count). The summed E-state index contributed by atoms with van der Waals surface area (Å²) in [6.45, 7) is 3.73. The molecule has 0 spiro atoms. The van der Waals surface area contributed by atoms with E-state index >= 15 is 0 Å². The molecule has 0 heterocycles. The summed E-state index contributed by atoms with van der Waals surface area (Å²) >= 11 is 6.01. The predicted molar refractivity (Wildman–Crippen MR) is 79.7 cm³/mol. The van der Waals surface area contributed by atoms with E-state index < -0.39 is 12.6 Å². The van der Waals surface area contributed by atoms with Gasteiger partial charge in [-0.25, -0.2) is 4.79 Å². The molecule has 2 N–H and O–H groups in total. The summed E-state index contributed by atoms with van der Waals surface area (Å²) in [5, 5.41) is 11.7. The number of hydrogen-bond donors (Lipinski definition) is 2. The van der Waals surface area contributed by atoms with Gasteiger partial charge in [-0.1, -0.05) is 25.4 Å². The SMILES string of the molecule is CCC1(C)CC1C(=O)Nc1ccc(OCC(=O)O)c(Cl)c1. The number of anilines is 1. The van der Waals surface area contributed by atoms with Gasteiger partial charge in [0.05, 0.1) is 5.02 Å². The molecule has 1 aromatic carbocycles. The first kappa shape index (κ1) is 15.6. The lowest BCUT2D eigenvalue weighted by atomic mass is 10.0. The number of hydrogen-bond acceptors (Lipinski definition) is 3. The van der Waals surface area contributed by atoms with Crippen molar-refractivity contribution in [2.45, 2.75) is 26.7 Å². The van der Waals surface area contributed by atoms with Gasteiger partial charge < -0.3 is 15.2 Å². The molecule has 0 saturated heterocycles. The van der Waals surface area contributed by atoms with Gasteiger partial charge in [-0.05, 0) is 36.5 Å². The Bertz CT molecular complexity index is 575. The number of carboxylic acid groups (broad SMARTS) is 1. The fraction of sp³-hybridized carbons (Fsp3) is 0.467. The summed E-state index contributed by atoms with van der Waals surface area (Å²) in [7, 11) is 0. The Hall–Kier alpha value is -1.75. The normalized spacial score (nSPS) is 23.5. The molecule has 1 aromatic rings. The van der Waals surface area contributed by atoms with Crippen molar-refractivity contribution < 1.29 is 19.4 Å². The van der Waals surface area contributed by atoms with E-state index in [0.717, 1.165) is 12.8 Å². The molecule has 21 heavy (non-hydrogen) atoms. The Kier molecular flexibility index (Phi) is 4.42. The Morgan fingerprint density at radius 1 is 1.52 bits per heavy atom. The number of aliphatic carboxylic acids is 1. The first-order valence-electron chi connectivity index (χ1n) is 6.81. The van der Waals surface area contributed by atoms with Crippen molar-refractivity contribution >= 4 is 29.2 Å². The van der Waals surface area contributed by atoms with Crippen LogP contribution in [0.4, 0.5) is 5.69 Å². The standard InChI is InChI=1S/C15H18ClNO4/c1-3-15(2)7-10(15)14(20)17-9-4-5-12(11(16)6-9)21-8-13(18)19/h4-6,10H,3,7-8H2,1-2H3,(H,17,20)(H,18,19). The van der Waals surface area contributed by atoms with Crippen LogP contribution in [0.5, 0.6) is 5.75 Å². The number of nitrogens with one attached hydrogen (secondary N) is 1. The second-order valence-corrected chi connectivity index (χ2v) is 5.99. The molecule has 1 amide bonds. The molecule has 0 radical (unpaired) electrons. The Balaban J connectivity index is 1.97. The van der Waals surface area contributed by atoms with Gasteiger partial charge in [0, 0.05) is 11.6 Å². The molecular weight excluding hydrogens is 294 g/mol. The highest BCUT2D eigenvalue weighted by molar-refractivity contribution is 6.32. The zero-order valence-electron chi connectivity index (χ0n) is 12.0. The van der Waals surface area contributed by atoms with Gasteiger partial charge in [-0.3, -0.25) is 4.79 Å². The molecule has 0 bridgehead atoms. The van der Waals surface area contributed by atoms with E-state index in [-0.39, 0.29) is 28.0 Å². The number of ether oxygens (including phenoxy) is 1. The zero-order chi connectivity index (χ0) is 15.6. The smallest absolute Gasteiger partial charge is 0.341 e. The molecule has 0 aliphatic heterocycles. The van der Waals surface area contributed by atoms with Crippen LogP contribution in [0.15, 0.2) is 18.2 Å². The molecule has 0 aromatic heterocycles. The van der Waals surface area contributed by atoms with Crippen LogP contribution in [0.1, 0.15) is 26.7 Å². The number of benzene rings is 1. The van der Waals surface area contributed by atoms with Gasteiger partial charge in [0.2, 0.25) is 5.91 Å². The highest BCUT2D eigenvalue weighted by Crippen LogP contribution is 2.55. The maximum Gasteiger partial charge on any atom is 0.341 e. The van der Waals surface area contributed by atoms with Gasteiger partial charge >= 0.3 is 5.97 Å². The molecule has 1 fully saturated rings. The Labute approximate surface area is 128 Å². The fourth-order valence-corrected chi connectivity index (χ4v) is 2.51. The number of carboxylic acids is 1. The lowest BCUT2D eigenvalue weighted by Gasteiger charge is -2.10. The van der Waals surface area contributed by atoms with E-state index in [1.54, 1.807) is 18.2 Å². The number of rotatable bonds is 6. The maximum absolute atomic E-state index is 12.1. The first-order chi connectivity index (χ1) is 9.85. The molecule has 1 aliphatic carbocycles. The summed E-state index contributed by atoms with van der Waals surface area (Å²) in [6, 6.07) is 4.75. The lowest BCUT2D eigenvalue weighted by molar-refractivity contribution is -0.139. The molecule has 6 heteroatoms. The summed E-state index contributed by atoms with van der Waals surface area (Å²) < 4.78 is 5.02. The third-order valence-electron chi connectivity index (χ3n) is 4.03. The van der Waals surface area contributed by atoms with Gasteiger partial charge in [0.15, 0.2) is 6.61 Å².